The van der Waals surface area contributed by atoms with Crippen LogP contribution in [0.5, 0.6) is 0 Å². The number of aromatic nitrogens is 1. The van der Waals surface area contributed by atoms with Gasteiger partial charge in [-0.3, -0.25) is 4.79 Å². The second kappa shape index (κ2) is 8.11. The highest BCUT2D eigenvalue weighted by Gasteiger charge is 2.63. The molecular formula is C24H30N2O2S. The molecule has 1 amide bonds. The Bertz CT molecular complexity index is 870. The normalized spacial score (nSPS) is 24.8. The molecule has 2 aliphatic rings. The number of pyridine rings is 1. The largest absolute Gasteiger partial charge is 0.384 e. The molecule has 1 aromatic heterocycles. The Kier molecular flexibility index (Phi) is 5.71. The van der Waals surface area contributed by atoms with Crippen molar-refractivity contribution >= 4 is 17.7 Å². The van der Waals surface area contributed by atoms with Crippen LogP contribution in [0.1, 0.15) is 36.2 Å². The molecule has 2 heterocycles. The van der Waals surface area contributed by atoms with E-state index in [0.29, 0.717) is 5.92 Å². The van der Waals surface area contributed by atoms with Crippen molar-refractivity contribution in [3.8, 4) is 0 Å². The number of ether oxygens (including phenoxy) is 1. The van der Waals surface area contributed by atoms with Crippen LogP contribution >= 0.6 is 11.8 Å². The lowest BCUT2D eigenvalue weighted by molar-refractivity contribution is -0.107. The van der Waals surface area contributed by atoms with Gasteiger partial charge in [0.25, 0.3) is 5.91 Å². The van der Waals surface area contributed by atoms with Crippen LogP contribution in [0, 0.1) is 16.7 Å². The summed E-state index contributed by atoms with van der Waals surface area (Å²) in [5, 5.41) is 0.840. The van der Waals surface area contributed by atoms with Gasteiger partial charge in [0, 0.05) is 37.6 Å². The quantitative estimate of drug-likeness (QED) is 0.628. The van der Waals surface area contributed by atoms with E-state index in [1.807, 2.05) is 23.1 Å². The van der Waals surface area contributed by atoms with Gasteiger partial charge in [0.2, 0.25) is 0 Å². The molecule has 5 heteroatoms. The summed E-state index contributed by atoms with van der Waals surface area (Å²) in [6, 6.07) is 14.2. The van der Waals surface area contributed by atoms with Crippen LogP contribution in [-0.4, -0.2) is 48.4 Å². The lowest BCUT2D eigenvalue weighted by Gasteiger charge is -2.56. The molecular weight excluding hydrogens is 380 g/mol. The third-order valence-electron chi connectivity index (χ3n) is 6.59. The Morgan fingerprint density at radius 2 is 2.03 bits per heavy atom. The van der Waals surface area contributed by atoms with E-state index in [1.54, 1.807) is 25.1 Å². The van der Waals surface area contributed by atoms with Gasteiger partial charge >= 0.3 is 0 Å². The Hall–Kier alpha value is -1.85. The van der Waals surface area contributed by atoms with Crippen molar-refractivity contribution in [2.45, 2.75) is 31.7 Å². The maximum absolute atomic E-state index is 13.4. The van der Waals surface area contributed by atoms with Crippen LogP contribution in [0.3, 0.4) is 0 Å². The molecule has 1 aromatic carbocycles. The molecule has 1 saturated carbocycles. The molecule has 29 heavy (non-hydrogen) atoms. The van der Waals surface area contributed by atoms with E-state index >= 15 is 0 Å². The fraction of sp³-hybridized carbons (Fsp3) is 0.500. The summed E-state index contributed by atoms with van der Waals surface area (Å²) in [5.74, 6) is 1.52. The molecule has 1 aliphatic heterocycles. The SMILES string of the molecule is COC[C@@]12CN(C(=O)c3cccnc3SCCc3ccccc3)C[C@@H]1C(C)(C)C2. The van der Waals surface area contributed by atoms with Crippen molar-refractivity contribution in [3.63, 3.8) is 0 Å². The highest BCUT2D eigenvalue weighted by Crippen LogP contribution is 2.62. The van der Waals surface area contributed by atoms with Gasteiger partial charge < -0.3 is 9.64 Å². The lowest BCUT2D eigenvalue weighted by atomic mass is 9.48. The summed E-state index contributed by atoms with van der Waals surface area (Å²) in [7, 11) is 1.77. The molecule has 2 atom stereocenters. The van der Waals surface area contributed by atoms with Crippen molar-refractivity contribution in [2.75, 3.05) is 32.6 Å². The predicted octanol–water partition coefficient (Wildman–Crippen LogP) is 4.55. The second-order valence-corrected chi connectivity index (χ2v) is 10.2. The van der Waals surface area contributed by atoms with Crippen molar-refractivity contribution in [1.82, 2.24) is 9.88 Å². The number of fused-ring (bicyclic) bond motifs is 1. The summed E-state index contributed by atoms with van der Waals surface area (Å²) in [6.07, 6.45) is 3.87. The molecule has 4 rings (SSSR count). The minimum absolute atomic E-state index is 0.112. The van der Waals surface area contributed by atoms with Crippen molar-refractivity contribution in [3.05, 3.63) is 59.8 Å². The first-order chi connectivity index (χ1) is 14.0. The predicted molar refractivity (Wildman–Crippen MR) is 117 cm³/mol. The maximum atomic E-state index is 13.4. The molecule has 2 fully saturated rings. The molecule has 0 spiro atoms. The van der Waals surface area contributed by atoms with E-state index in [1.165, 1.54) is 5.56 Å². The first-order valence-corrected chi connectivity index (χ1v) is 11.3. The summed E-state index contributed by atoms with van der Waals surface area (Å²) < 4.78 is 5.54. The number of methoxy groups -OCH3 is 1. The highest BCUT2D eigenvalue weighted by atomic mass is 32.2. The smallest absolute Gasteiger partial charge is 0.256 e. The molecule has 0 N–H and O–H groups in total. The summed E-state index contributed by atoms with van der Waals surface area (Å²) in [5.41, 5.74) is 2.44. The number of hydrogen-bond acceptors (Lipinski definition) is 4. The maximum Gasteiger partial charge on any atom is 0.256 e. The first-order valence-electron chi connectivity index (χ1n) is 10.4. The van der Waals surface area contributed by atoms with E-state index < -0.39 is 0 Å². The number of hydrogen-bond donors (Lipinski definition) is 0. The fourth-order valence-corrected chi connectivity index (χ4v) is 6.49. The first kappa shape index (κ1) is 20.4. The Morgan fingerprint density at radius 3 is 2.76 bits per heavy atom. The van der Waals surface area contributed by atoms with Crippen molar-refractivity contribution < 1.29 is 9.53 Å². The molecule has 154 valence electrons. The number of carbonyl (C=O) groups excluding carboxylic acids is 1. The van der Waals surface area contributed by atoms with Crippen molar-refractivity contribution in [2.24, 2.45) is 16.7 Å². The van der Waals surface area contributed by atoms with Gasteiger partial charge in [0.05, 0.1) is 12.2 Å². The molecule has 1 saturated heterocycles. The van der Waals surface area contributed by atoms with E-state index in [2.05, 4.69) is 43.1 Å². The minimum Gasteiger partial charge on any atom is -0.384 e. The average Bonchev–Trinajstić information content (AvgIpc) is 3.03. The summed E-state index contributed by atoms with van der Waals surface area (Å²) in [4.78, 5) is 20.0. The van der Waals surface area contributed by atoms with Gasteiger partial charge in [-0.1, -0.05) is 44.2 Å². The number of likely N-dealkylation sites (tertiary alicyclic amines) is 1. The molecule has 0 bridgehead atoms. The zero-order chi connectivity index (χ0) is 20.5. The van der Waals surface area contributed by atoms with E-state index in [-0.39, 0.29) is 16.7 Å². The van der Waals surface area contributed by atoms with Gasteiger partial charge in [0.1, 0.15) is 5.03 Å². The molecule has 0 unspecified atom stereocenters. The highest BCUT2D eigenvalue weighted by molar-refractivity contribution is 7.99. The Labute approximate surface area is 178 Å². The second-order valence-electron chi connectivity index (χ2n) is 9.14. The third kappa shape index (κ3) is 3.95. The van der Waals surface area contributed by atoms with Gasteiger partial charge in [-0.2, -0.15) is 0 Å². The Balaban J connectivity index is 1.45. The number of carbonyl (C=O) groups is 1. The molecule has 2 aromatic rings. The minimum atomic E-state index is 0.112. The van der Waals surface area contributed by atoms with Gasteiger partial charge in [-0.05, 0) is 41.9 Å². The van der Waals surface area contributed by atoms with E-state index in [0.717, 1.165) is 48.9 Å². The fourth-order valence-electron chi connectivity index (χ4n) is 5.51. The number of aryl methyl sites for hydroxylation is 1. The summed E-state index contributed by atoms with van der Waals surface area (Å²) >= 11 is 1.67. The van der Waals surface area contributed by atoms with E-state index in [4.69, 9.17) is 4.74 Å². The number of amides is 1. The number of rotatable bonds is 7. The molecule has 0 radical (unpaired) electrons. The Morgan fingerprint density at radius 1 is 1.24 bits per heavy atom. The molecule has 4 nitrogen and oxygen atoms in total. The monoisotopic (exact) mass is 410 g/mol. The van der Waals surface area contributed by atoms with Crippen LogP contribution in [0.25, 0.3) is 0 Å². The number of nitrogens with zero attached hydrogens (tertiary/aromatic N) is 2. The van der Waals surface area contributed by atoms with E-state index in [9.17, 15) is 4.79 Å². The topological polar surface area (TPSA) is 42.4 Å². The van der Waals surface area contributed by atoms with Gasteiger partial charge in [0.15, 0.2) is 0 Å². The lowest BCUT2D eigenvalue weighted by Crippen LogP contribution is -2.55. The summed E-state index contributed by atoms with van der Waals surface area (Å²) in [6.45, 7) is 6.97. The van der Waals surface area contributed by atoms with Crippen LogP contribution in [0.15, 0.2) is 53.7 Å². The zero-order valence-corrected chi connectivity index (χ0v) is 18.4. The van der Waals surface area contributed by atoms with Crippen LogP contribution < -0.4 is 0 Å². The molecule has 1 aliphatic carbocycles. The zero-order valence-electron chi connectivity index (χ0n) is 17.6. The van der Waals surface area contributed by atoms with Crippen LogP contribution in [0.2, 0.25) is 0 Å². The number of thioether (sulfide) groups is 1. The van der Waals surface area contributed by atoms with Gasteiger partial charge in [-0.25, -0.2) is 4.98 Å². The number of benzene rings is 1. The van der Waals surface area contributed by atoms with Crippen LogP contribution in [0.4, 0.5) is 0 Å². The van der Waals surface area contributed by atoms with Crippen LogP contribution in [-0.2, 0) is 11.2 Å². The third-order valence-corrected chi connectivity index (χ3v) is 7.60. The average molecular weight is 411 g/mol. The van der Waals surface area contributed by atoms with Crippen molar-refractivity contribution in [1.29, 1.82) is 0 Å². The van der Waals surface area contributed by atoms with Gasteiger partial charge in [-0.15, -0.1) is 11.8 Å². The standard InChI is InChI=1S/C24H30N2O2S/c1-23(2)15-24(17-28-3)16-26(14-20(23)24)22(27)19-10-7-12-25-21(19)29-13-11-18-8-5-4-6-9-18/h4-10,12,20H,11,13-17H2,1-3H3/t20-,24-/m1/s1.